The summed E-state index contributed by atoms with van der Waals surface area (Å²) in [6.07, 6.45) is 1.53. The number of aromatic amines is 1. The Hall–Kier alpha value is -2.93. The summed E-state index contributed by atoms with van der Waals surface area (Å²) >= 11 is 0. The van der Waals surface area contributed by atoms with Gasteiger partial charge in [-0.15, -0.1) is 0 Å². The molecule has 3 rings (SSSR count). The molecule has 0 aliphatic heterocycles. The van der Waals surface area contributed by atoms with Gasteiger partial charge in [0, 0.05) is 32.0 Å². The number of hydrogen-bond acceptors (Lipinski definition) is 4. The molecule has 142 valence electrons. The van der Waals surface area contributed by atoms with Crippen LogP contribution >= 0.6 is 0 Å². The summed E-state index contributed by atoms with van der Waals surface area (Å²) in [7, 11) is 3.32. The molecule has 0 atom stereocenters. The van der Waals surface area contributed by atoms with Gasteiger partial charge in [0.15, 0.2) is 5.76 Å². The summed E-state index contributed by atoms with van der Waals surface area (Å²) in [5.41, 5.74) is 2.60. The second-order valence-electron chi connectivity index (χ2n) is 6.31. The minimum Gasteiger partial charge on any atom is -0.453 e. The molecule has 1 aromatic carbocycles. The Kier molecular flexibility index (Phi) is 6.03. The van der Waals surface area contributed by atoms with E-state index in [1.807, 2.05) is 6.07 Å². The van der Waals surface area contributed by atoms with E-state index in [1.165, 1.54) is 12.1 Å². The molecule has 0 saturated heterocycles. The van der Waals surface area contributed by atoms with Gasteiger partial charge >= 0.3 is 0 Å². The van der Waals surface area contributed by atoms with Crippen molar-refractivity contribution in [2.45, 2.75) is 19.4 Å². The number of ether oxygens (including phenoxy) is 1. The van der Waals surface area contributed by atoms with Crippen LogP contribution in [0, 0.1) is 5.82 Å². The fourth-order valence-corrected chi connectivity index (χ4v) is 2.77. The lowest BCUT2D eigenvalue weighted by Gasteiger charge is -2.15. The van der Waals surface area contributed by atoms with Crippen LogP contribution in [0.15, 0.2) is 46.9 Å². The van der Waals surface area contributed by atoms with Gasteiger partial charge in [0.05, 0.1) is 5.69 Å². The highest BCUT2D eigenvalue weighted by molar-refractivity contribution is 5.91. The summed E-state index contributed by atoms with van der Waals surface area (Å²) in [6.45, 7) is 0.928. The molecule has 0 fully saturated rings. The maximum Gasteiger partial charge on any atom is 0.289 e. The first kappa shape index (κ1) is 18.8. The van der Waals surface area contributed by atoms with Crippen molar-refractivity contribution >= 4 is 5.91 Å². The molecule has 0 aliphatic carbocycles. The van der Waals surface area contributed by atoms with Gasteiger partial charge in [0.25, 0.3) is 5.91 Å². The average molecular weight is 371 g/mol. The van der Waals surface area contributed by atoms with Gasteiger partial charge in [-0.1, -0.05) is 0 Å². The smallest absolute Gasteiger partial charge is 0.289 e. The van der Waals surface area contributed by atoms with Crippen LogP contribution < -0.4 is 0 Å². The summed E-state index contributed by atoms with van der Waals surface area (Å²) < 4.78 is 23.5. The van der Waals surface area contributed by atoms with E-state index in [0.29, 0.717) is 24.7 Å². The van der Waals surface area contributed by atoms with Crippen LogP contribution in [0.5, 0.6) is 0 Å². The third-order valence-electron chi connectivity index (χ3n) is 4.22. The molecule has 1 amide bonds. The van der Waals surface area contributed by atoms with Gasteiger partial charge < -0.3 is 14.1 Å². The van der Waals surface area contributed by atoms with Crippen molar-refractivity contribution < 1.29 is 18.3 Å². The highest BCUT2D eigenvalue weighted by Gasteiger charge is 2.16. The standard InChI is InChI=1S/C20H22FN3O3/c1-24(20(25)19-10-9-17(27-19)13-26-2)11-3-4-16-12-18(23-22-16)14-5-7-15(21)8-6-14/h5-10,12H,3-4,11,13H2,1-2H3,(H,22,23). The first-order valence-corrected chi connectivity index (χ1v) is 8.70. The maximum atomic E-state index is 13.0. The number of benzene rings is 1. The molecule has 0 bridgehead atoms. The van der Waals surface area contributed by atoms with E-state index in [0.717, 1.165) is 29.8 Å². The number of nitrogens with one attached hydrogen (secondary N) is 1. The summed E-state index contributed by atoms with van der Waals surface area (Å²) in [4.78, 5) is 14.0. The number of furan rings is 1. The Balaban J connectivity index is 1.50. The van der Waals surface area contributed by atoms with Crippen LogP contribution in [-0.4, -0.2) is 41.7 Å². The van der Waals surface area contributed by atoms with E-state index in [2.05, 4.69) is 10.2 Å². The quantitative estimate of drug-likeness (QED) is 0.656. The number of aromatic nitrogens is 2. The monoisotopic (exact) mass is 371 g/mol. The van der Waals surface area contributed by atoms with Crippen LogP contribution in [0.1, 0.15) is 28.4 Å². The van der Waals surface area contributed by atoms with Crippen LogP contribution in [0.3, 0.4) is 0 Å². The van der Waals surface area contributed by atoms with E-state index < -0.39 is 0 Å². The minimum absolute atomic E-state index is 0.158. The molecule has 3 aromatic rings. The Morgan fingerprint density at radius 1 is 1.26 bits per heavy atom. The number of carbonyl (C=O) groups excluding carboxylic acids is 1. The number of amides is 1. The number of rotatable bonds is 8. The molecule has 7 heteroatoms. The Labute approximate surface area is 156 Å². The van der Waals surface area contributed by atoms with Gasteiger partial charge in [0.2, 0.25) is 0 Å². The first-order valence-electron chi connectivity index (χ1n) is 8.70. The van der Waals surface area contributed by atoms with Gasteiger partial charge in [0.1, 0.15) is 18.2 Å². The highest BCUT2D eigenvalue weighted by atomic mass is 19.1. The van der Waals surface area contributed by atoms with Crippen LogP contribution in [0.4, 0.5) is 4.39 Å². The lowest BCUT2D eigenvalue weighted by Crippen LogP contribution is -2.27. The van der Waals surface area contributed by atoms with Crippen molar-refractivity contribution in [2.24, 2.45) is 0 Å². The number of halogens is 1. The van der Waals surface area contributed by atoms with Crippen molar-refractivity contribution in [1.82, 2.24) is 15.1 Å². The van der Waals surface area contributed by atoms with Crippen molar-refractivity contribution in [2.75, 3.05) is 20.7 Å². The summed E-state index contributed by atoms with van der Waals surface area (Å²) in [5.74, 6) is 0.506. The van der Waals surface area contributed by atoms with Gasteiger partial charge in [-0.05, 0) is 55.3 Å². The minimum atomic E-state index is -0.270. The van der Waals surface area contributed by atoms with E-state index in [9.17, 15) is 9.18 Å². The van der Waals surface area contributed by atoms with Crippen molar-refractivity contribution in [1.29, 1.82) is 0 Å². The molecule has 27 heavy (non-hydrogen) atoms. The zero-order valence-electron chi connectivity index (χ0n) is 15.4. The zero-order chi connectivity index (χ0) is 19.2. The molecule has 0 aliphatic rings. The van der Waals surface area contributed by atoms with E-state index in [-0.39, 0.29) is 11.7 Å². The number of methoxy groups -OCH3 is 1. The van der Waals surface area contributed by atoms with Gasteiger partial charge in [-0.2, -0.15) is 5.10 Å². The number of carbonyl (C=O) groups is 1. The number of hydrogen-bond donors (Lipinski definition) is 1. The fourth-order valence-electron chi connectivity index (χ4n) is 2.77. The molecule has 2 heterocycles. The fraction of sp³-hybridized carbons (Fsp3) is 0.300. The molecule has 0 saturated carbocycles. The first-order chi connectivity index (χ1) is 13.1. The predicted molar refractivity (Wildman–Crippen MR) is 98.7 cm³/mol. The molecule has 2 aromatic heterocycles. The highest BCUT2D eigenvalue weighted by Crippen LogP contribution is 2.18. The molecule has 0 spiro atoms. The van der Waals surface area contributed by atoms with Crippen molar-refractivity contribution in [3.05, 3.63) is 65.5 Å². The van der Waals surface area contributed by atoms with Crippen LogP contribution in [0.25, 0.3) is 11.3 Å². The molecule has 0 unspecified atom stereocenters. The number of nitrogens with zero attached hydrogens (tertiary/aromatic N) is 2. The normalized spacial score (nSPS) is 10.9. The maximum absolute atomic E-state index is 13.0. The zero-order valence-corrected chi connectivity index (χ0v) is 15.4. The second-order valence-corrected chi connectivity index (χ2v) is 6.31. The van der Waals surface area contributed by atoms with E-state index in [4.69, 9.17) is 9.15 Å². The largest absolute Gasteiger partial charge is 0.453 e. The third kappa shape index (κ3) is 4.83. The van der Waals surface area contributed by atoms with Crippen LogP contribution in [0.2, 0.25) is 0 Å². The summed E-state index contributed by atoms with van der Waals surface area (Å²) in [6, 6.07) is 11.6. The van der Waals surface area contributed by atoms with Gasteiger partial charge in [-0.3, -0.25) is 9.89 Å². The SMILES string of the molecule is COCc1ccc(C(=O)N(C)CCCc2cc(-c3ccc(F)cc3)n[nH]2)o1. The molecular weight excluding hydrogens is 349 g/mol. The predicted octanol–water partition coefficient (Wildman–Crippen LogP) is 3.66. The second kappa shape index (κ2) is 8.64. The number of aryl methyl sites for hydroxylation is 1. The Morgan fingerprint density at radius 3 is 2.78 bits per heavy atom. The molecule has 1 N–H and O–H groups in total. The Morgan fingerprint density at radius 2 is 2.04 bits per heavy atom. The molecule has 6 nitrogen and oxygen atoms in total. The summed E-state index contributed by atoms with van der Waals surface area (Å²) in [5, 5.41) is 7.25. The molecule has 0 radical (unpaired) electrons. The third-order valence-corrected chi connectivity index (χ3v) is 4.22. The van der Waals surface area contributed by atoms with Crippen LogP contribution in [-0.2, 0) is 17.8 Å². The van der Waals surface area contributed by atoms with Crippen molar-refractivity contribution in [3.63, 3.8) is 0 Å². The Bertz CT molecular complexity index is 886. The average Bonchev–Trinajstić information content (AvgIpc) is 3.32. The van der Waals surface area contributed by atoms with E-state index >= 15 is 0 Å². The lowest BCUT2D eigenvalue weighted by atomic mass is 10.1. The van der Waals surface area contributed by atoms with E-state index in [1.54, 1.807) is 43.3 Å². The molecular formula is C20H22FN3O3. The van der Waals surface area contributed by atoms with Gasteiger partial charge in [-0.25, -0.2) is 4.39 Å². The number of H-pyrrole nitrogens is 1. The lowest BCUT2D eigenvalue weighted by molar-refractivity contribution is 0.0754. The van der Waals surface area contributed by atoms with Crippen molar-refractivity contribution in [3.8, 4) is 11.3 Å². The topological polar surface area (TPSA) is 71.4 Å².